The number of carbonyl (C=O) groups is 1. The van der Waals surface area contributed by atoms with Gasteiger partial charge in [-0.25, -0.2) is 0 Å². The summed E-state index contributed by atoms with van der Waals surface area (Å²) in [5.74, 6) is -0.331. The molecule has 0 bridgehead atoms. The zero-order chi connectivity index (χ0) is 37.9. The average molecular weight is 739 g/mol. The monoisotopic (exact) mass is 739 g/mol. The van der Waals surface area contributed by atoms with E-state index in [1.807, 2.05) is 0 Å². The number of carbonyl (C=O) groups excluding carboxylic acids is 1. The fourth-order valence-corrected chi connectivity index (χ4v) is 6.17. The summed E-state index contributed by atoms with van der Waals surface area (Å²) in [5, 5.41) is 40.0. The van der Waals surface area contributed by atoms with Gasteiger partial charge in [0.05, 0.1) is 19.8 Å². The highest BCUT2D eigenvalue weighted by atomic mass is 16.7. The first-order valence-electron chi connectivity index (χ1n) is 21.1. The van der Waals surface area contributed by atoms with Crippen LogP contribution in [0.3, 0.4) is 0 Å². The number of aliphatic hydroxyl groups excluding tert-OH is 4. The summed E-state index contributed by atoms with van der Waals surface area (Å²) >= 11 is 0. The van der Waals surface area contributed by atoms with Gasteiger partial charge in [0.25, 0.3) is 0 Å². The van der Waals surface area contributed by atoms with E-state index in [0.29, 0.717) is 13.0 Å². The zero-order valence-electron chi connectivity index (χ0n) is 33.1. The van der Waals surface area contributed by atoms with E-state index in [2.05, 4.69) is 50.3 Å². The molecule has 9 heteroatoms. The van der Waals surface area contributed by atoms with Crippen LogP contribution in [-0.4, -0.2) is 89.6 Å². The summed E-state index contributed by atoms with van der Waals surface area (Å²) in [6.07, 6.45) is 33.1. The number of unbranched alkanes of at least 4 members (excludes halogenated alkanes) is 18. The molecule has 1 fully saturated rings. The van der Waals surface area contributed by atoms with Crippen molar-refractivity contribution >= 4 is 5.97 Å². The van der Waals surface area contributed by atoms with E-state index >= 15 is 0 Å². The van der Waals surface area contributed by atoms with Crippen molar-refractivity contribution in [2.24, 2.45) is 0 Å². The lowest BCUT2D eigenvalue weighted by Crippen LogP contribution is -2.59. The van der Waals surface area contributed by atoms with Crippen LogP contribution in [0, 0.1) is 0 Å². The number of aliphatic hydroxyl groups is 4. The van der Waals surface area contributed by atoms with Gasteiger partial charge in [-0.05, 0) is 64.2 Å². The first-order valence-corrected chi connectivity index (χ1v) is 21.1. The average Bonchev–Trinajstić information content (AvgIpc) is 3.14. The van der Waals surface area contributed by atoms with E-state index in [9.17, 15) is 25.2 Å². The second kappa shape index (κ2) is 35.1. The van der Waals surface area contributed by atoms with Crippen LogP contribution in [0.5, 0.6) is 0 Å². The lowest BCUT2D eigenvalue weighted by molar-refractivity contribution is -0.305. The lowest BCUT2D eigenvalue weighted by Gasteiger charge is -2.39. The molecule has 304 valence electrons. The van der Waals surface area contributed by atoms with Crippen LogP contribution in [0.25, 0.3) is 0 Å². The van der Waals surface area contributed by atoms with Crippen LogP contribution < -0.4 is 0 Å². The molecule has 0 amide bonds. The number of rotatable bonds is 35. The molecule has 0 aliphatic carbocycles. The van der Waals surface area contributed by atoms with Gasteiger partial charge in [0.1, 0.15) is 30.5 Å². The predicted octanol–water partition coefficient (Wildman–Crippen LogP) is 8.80. The summed E-state index contributed by atoms with van der Waals surface area (Å²) in [5.41, 5.74) is 0. The molecule has 0 aromatic heterocycles. The maximum atomic E-state index is 12.7. The predicted molar refractivity (Wildman–Crippen MR) is 210 cm³/mol. The molecule has 0 radical (unpaired) electrons. The molecule has 6 atom stereocenters. The topological polar surface area (TPSA) is 135 Å². The van der Waals surface area contributed by atoms with Gasteiger partial charge in [0.15, 0.2) is 6.29 Å². The minimum atomic E-state index is -1.54. The van der Waals surface area contributed by atoms with E-state index in [4.69, 9.17) is 18.9 Å². The highest BCUT2D eigenvalue weighted by Crippen LogP contribution is 2.22. The van der Waals surface area contributed by atoms with Gasteiger partial charge in [0, 0.05) is 13.0 Å². The molecule has 0 aromatic carbocycles. The van der Waals surface area contributed by atoms with Crippen LogP contribution in [0.1, 0.15) is 168 Å². The quantitative estimate of drug-likeness (QED) is 0.0286. The molecule has 4 N–H and O–H groups in total. The SMILES string of the molecule is CCC/C=C\C/C=C\CCCCCCCC(=O)OC(COCCCCCCCC/C=C\CCCCCCCC)COC1OC(CO)C(O)C(O)C1O. The fraction of sp³-hybridized carbons (Fsp3) is 0.837. The van der Waals surface area contributed by atoms with Gasteiger partial charge in [-0.2, -0.15) is 0 Å². The van der Waals surface area contributed by atoms with Crippen molar-refractivity contribution in [2.45, 2.75) is 205 Å². The Morgan fingerprint density at radius 3 is 1.75 bits per heavy atom. The van der Waals surface area contributed by atoms with Gasteiger partial charge < -0.3 is 39.4 Å². The van der Waals surface area contributed by atoms with E-state index in [1.54, 1.807) is 0 Å². The van der Waals surface area contributed by atoms with E-state index in [-0.39, 0.29) is 19.2 Å². The zero-order valence-corrected chi connectivity index (χ0v) is 33.1. The van der Waals surface area contributed by atoms with Gasteiger partial charge in [-0.15, -0.1) is 0 Å². The fourth-order valence-electron chi connectivity index (χ4n) is 6.17. The smallest absolute Gasteiger partial charge is 0.306 e. The Kier molecular flexibility index (Phi) is 32.7. The van der Waals surface area contributed by atoms with Crippen LogP contribution in [-0.2, 0) is 23.7 Å². The first-order chi connectivity index (χ1) is 25.4. The number of esters is 1. The Bertz CT molecular complexity index is 890. The first kappa shape index (κ1) is 48.4. The third-order valence-corrected chi connectivity index (χ3v) is 9.51. The molecule has 1 aliphatic rings. The summed E-state index contributed by atoms with van der Waals surface area (Å²) in [6, 6.07) is 0. The number of hydrogen-bond donors (Lipinski definition) is 4. The molecule has 0 spiro atoms. The molecular weight excluding hydrogens is 660 g/mol. The van der Waals surface area contributed by atoms with Gasteiger partial charge in [-0.1, -0.05) is 134 Å². The van der Waals surface area contributed by atoms with Gasteiger partial charge in [-0.3, -0.25) is 4.79 Å². The van der Waals surface area contributed by atoms with Crippen LogP contribution in [0.2, 0.25) is 0 Å². The third kappa shape index (κ3) is 26.2. The van der Waals surface area contributed by atoms with Crippen LogP contribution in [0.15, 0.2) is 36.5 Å². The van der Waals surface area contributed by atoms with Crippen LogP contribution in [0.4, 0.5) is 0 Å². The highest BCUT2D eigenvalue weighted by molar-refractivity contribution is 5.69. The molecule has 52 heavy (non-hydrogen) atoms. The van der Waals surface area contributed by atoms with Crippen LogP contribution >= 0.6 is 0 Å². The molecule has 0 saturated carbocycles. The number of hydrogen-bond acceptors (Lipinski definition) is 9. The molecule has 9 nitrogen and oxygen atoms in total. The minimum Gasteiger partial charge on any atom is -0.457 e. The van der Waals surface area contributed by atoms with Crippen molar-refractivity contribution in [3.63, 3.8) is 0 Å². The molecule has 6 unspecified atom stereocenters. The maximum Gasteiger partial charge on any atom is 0.306 e. The summed E-state index contributed by atoms with van der Waals surface area (Å²) in [7, 11) is 0. The standard InChI is InChI=1S/C43H78O9/c1-3-5-7-9-11-13-15-17-18-19-21-23-25-27-29-31-33-49-35-37(36-50-43-42(48)41(47)40(46)38(34-44)52-43)51-39(45)32-30-28-26-24-22-20-16-14-12-10-8-6-4-2/h8,10,14,16-18,37-38,40-44,46-48H,3-7,9,11-13,15,19-36H2,1-2H3/b10-8-,16-14-,18-17-. The summed E-state index contributed by atoms with van der Waals surface area (Å²) < 4.78 is 22.7. The Morgan fingerprint density at radius 2 is 1.15 bits per heavy atom. The third-order valence-electron chi connectivity index (χ3n) is 9.51. The Balaban J connectivity index is 2.30. The van der Waals surface area contributed by atoms with E-state index in [1.165, 1.54) is 77.0 Å². The van der Waals surface area contributed by atoms with Gasteiger partial charge >= 0.3 is 5.97 Å². The highest BCUT2D eigenvalue weighted by Gasteiger charge is 2.44. The van der Waals surface area contributed by atoms with Crippen molar-refractivity contribution in [1.82, 2.24) is 0 Å². The Labute approximate surface area is 317 Å². The van der Waals surface area contributed by atoms with Crippen molar-refractivity contribution < 1.29 is 44.2 Å². The maximum absolute atomic E-state index is 12.7. The molecule has 1 saturated heterocycles. The minimum absolute atomic E-state index is 0.121. The molecule has 1 aliphatic heterocycles. The van der Waals surface area contributed by atoms with Crippen molar-refractivity contribution in [2.75, 3.05) is 26.4 Å². The molecular formula is C43H78O9. The van der Waals surface area contributed by atoms with Gasteiger partial charge in [0.2, 0.25) is 0 Å². The summed E-state index contributed by atoms with van der Waals surface area (Å²) in [6.45, 7) is 4.45. The van der Waals surface area contributed by atoms with Crippen molar-refractivity contribution in [3.8, 4) is 0 Å². The molecule has 1 rings (SSSR count). The largest absolute Gasteiger partial charge is 0.457 e. The summed E-state index contributed by atoms with van der Waals surface area (Å²) in [4.78, 5) is 12.7. The van der Waals surface area contributed by atoms with Crippen molar-refractivity contribution in [3.05, 3.63) is 36.5 Å². The number of allylic oxidation sites excluding steroid dienone is 6. The van der Waals surface area contributed by atoms with E-state index < -0.39 is 43.4 Å². The number of ether oxygens (including phenoxy) is 4. The Hall–Kier alpha value is -1.59. The second-order valence-corrected chi connectivity index (χ2v) is 14.4. The van der Waals surface area contributed by atoms with Crippen molar-refractivity contribution in [1.29, 1.82) is 0 Å². The molecule has 1 heterocycles. The second-order valence-electron chi connectivity index (χ2n) is 14.4. The lowest BCUT2D eigenvalue weighted by atomic mass is 9.99. The molecule has 0 aromatic rings. The van der Waals surface area contributed by atoms with E-state index in [0.717, 1.165) is 70.6 Å². The Morgan fingerprint density at radius 1 is 0.615 bits per heavy atom. The normalized spacial score (nSPS) is 21.5.